The molecule has 0 aromatic heterocycles. The van der Waals surface area contributed by atoms with E-state index in [1.165, 1.54) is 37.3 Å². The first-order chi connectivity index (χ1) is 12.9. The second-order valence-electron chi connectivity index (χ2n) is 5.74. The lowest BCUT2D eigenvalue weighted by Gasteiger charge is -2.20. The van der Waals surface area contributed by atoms with Gasteiger partial charge in [-0.3, -0.25) is 20.2 Å². The standard InChI is InChI=1S/C17H14N2O8/c1-10-14(3-2-4-15(10)19(23)24)17(20)26-8-12-6-13(18(21)22)5-11-7-25-9-27-16(11)12/h2-6H,7-9H2,1H3. The largest absolute Gasteiger partial charge is 0.467 e. The smallest absolute Gasteiger partial charge is 0.338 e. The van der Waals surface area contributed by atoms with E-state index < -0.39 is 15.8 Å². The number of hydrogen-bond donors (Lipinski definition) is 0. The van der Waals surface area contributed by atoms with Gasteiger partial charge in [0.05, 0.1) is 22.0 Å². The Hall–Kier alpha value is -3.53. The molecule has 0 saturated heterocycles. The molecule has 0 fully saturated rings. The summed E-state index contributed by atoms with van der Waals surface area (Å²) in [4.78, 5) is 33.3. The van der Waals surface area contributed by atoms with Crippen LogP contribution in [0.5, 0.6) is 5.75 Å². The van der Waals surface area contributed by atoms with Crippen molar-refractivity contribution in [2.75, 3.05) is 6.79 Å². The number of nitrogens with zero attached hydrogens (tertiary/aromatic N) is 2. The molecule has 140 valence electrons. The third-order valence-corrected chi connectivity index (χ3v) is 4.06. The van der Waals surface area contributed by atoms with Gasteiger partial charge in [-0.05, 0) is 13.0 Å². The van der Waals surface area contributed by atoms with Crippen molar-refractivity contribution >= 4 is 17.3 Å². The van der Waals surface area contributed by atoms with Crippen LogP contribution in [0.25, 0.3) is 0 Å². The summed E-state index contributed by atoms with van der Waals surface area (Å²) < 4.78 is 15.7. The number of fused-ring (bicyclic) bond motifs is 1. The maximum absolute atomic E-state index is 12.4. The molecular formula is C17H14N2O8. The zero-order valence-corrected chi connectivity index (χ0v) is 14.2. The van der Waals surface area contributed by atoms with Crippen LogP contribution in [0.3, 0.4) is 0 Å². The predicted molar refractivity (Wildman–Crippen MR) is 90.3 cm³/mol. The number of carbonyl (C=O) groups is 1. The number of rotatable bonds is 5. The highest BCUT2D eigenvalue weighted by Crippen LogP contribution is 2.33. The Morgan fingerprint density at radius 3 is 2.70 bits per heavy atom. The molecule has 27 heavy (non-hydrogen) atoms. The molecule has 10 nitrogen and oxygen atoms in total. The fourth-order valence-corrected chi connectivity index (χ4v) is 2.76. The Kier molecular flexibility index (Phi) is 4.99. The molecule has 1 heterocycles. The number of nitro groups is 2. The summed E-state index contributed by atoms with van der Waals surface area (Å²) in [5.41, 5.74) is 0.649. The monoisotopic (exact) mass is 374 g/mol. The lowest BCUT2D eigenvalue weighted by Crippen LogP contribution is -2.15. The summed E-state index contributed by atoms with van der Waals surface area (Å²) >= 11 is 0. The average Bonchev–Trinajstić information content (AvgIpc) is 2.65. The van der Waals surface area contributed by atoms with Gasteiger partial charge in [0, 0.05) is 34.9 Å². The van der Waals surface area contributed by atoms with Gasteiger partial charge in [0.25, 0.3) is 11.4 Å². The molecule has 0 unspecified atom stereocenters. The third kappa shape index (κ3) is 3.70. The van der Waals surface area contributed by atoms with Crippen molar-refractivity contribution in [1.29, 1.82) is 0 Å². The summed E-state index contributed by atoms with van der Waals surface area (Å²) in [5, 5.41) is 22.1. The zero-order valence-electron chi connectivity index (χ0n) is 14.2. The lowest BCUT2D eigenvalue weighted by atomic mass is 10.1. The molecule has 0 bridgehead atoms. The maximum atomic E-state index is 12.4. The first kappa shape index (κ1) is 18.3. The second kappa shape index (κ2) is 7.38. The molecule has 0 N–H and O–H groups in total. The molecule has 2 aromatic carbocycles. The van der Waals surface area contributed by atoms with Gasteiger partial charge >= 0.3 is 5.97 Å². The van der Waals surface area contributed by atoms with E-state index in [2.05, 4.69) is 0 Å². The van der Waals surface area contributed by atoms with Crippen LogP contribution >= 0.6 is 0 Å². The Morgan fingerprint density at radius 1 is 1.22 bits per heavy atom. The highest BCUT2D eigenvalue weighted by atomic mass is 16.7. The van der Waals surface area contributed by atoms with E-state index >= 15 is 0 Å². The summed E-state index contributed by atoms with van der Waals surface area (Å²) in [6.45, 7) is 1.28. The van der Waals surface area contributed by atoms with E-state index in [1.807, 2.05) is 0 Å². The Bertz CT molecular complexity index is 941. The molecule has 0 atom stereocenters. The maximum Gasteiger partial charge on any atom is 0.338 e. The first-order valence-corrected chi connectivity index (χ1v) is 7.80. The van der Waals surface area contributed by atoms with Crippen molar-refractivity contribution in [1.82, 2.24) is 0 Å². The summed E-state index contributed by atoms with van der Waals surface area (Å²) in [5.74, 6) is -0.404. The highest BCUT2D eigenvalue weighted by Gasteiger charge is 2.23. The molecule has 1 aliphatic heterocycles. The van der Waals surface area contributed by atoms with Gasteiger partial charge in [-0.1, -0.05) is 6.07 Å². The third-order valence-electron chi connectivity index (χ3n) is 4.06. The van der Waals surface area contributed by atoms with Gasteiger partial charge in [-0.2, -0.15) is 0 Å². The summed E-state index contributed by atoms with van der Waals surface area (Å²) in [6.07, 6.45) is 0. The second-order valence-corrected chi connectivity index (χ2v) is 5.74. The SMILES string of the molecule is Cc1c(C(=O)OCc2cc([N+](=O)[O-])cc3c2OCOC3)cccc1[N+](=O)[O-]. The number of esters is 1. The number of nitro benzene ring substituents is 2. The van der Waals surface area contributed by atoms with E-state index in [1.54, 1.807) is 0 Å². The molecule has 10 heteroatoms. The summed E-state index contributed by atoms with van der Waals surface area (Å²) in [6, 6.07) is 6.69. The highest BCUT2D eigenvalue weighted by molar-refractivity contribution is 5.92. The van der Waals surface area contributed by atoms with Crippen molar-refractivity contribution in [3.05, 3.63) is 72.8 Å². The fraction of sp³-hybridized carbons (Fsp3) is 0.235. The van der Waals surface area contributed by atoms with Crippen molar-refractivity contribution in [2.24, 2.45) is 0 Å². The van der Waals surface area contributed by atoms with E-state index in [9.17, 15) is 25.0 Å². The molecule has 0 amide bonds. The minimum Gasteiger partial charge on any atom is -0.467 e. The zero-order chi connectivity index (χ0) is 19.6. The van der Waals surface area contributed by atoms with E-state index in [4.69, 9.17) is 14.2 Å². The van der Waals surface area contributed by atoms with Gasteiger partial charge in [-0.15, -0.1) is 0 Å². The van der Waals surface area contributed by atoms with Crippen molar-refractivity contribution in [3.63, 3.8) is 0 Å². The first-order valence-electron chi connectivity index (χ1n) is 7.80. The Morgan fingerprint density at radius 2 is 2.00 bits per heavy atom. The topological polar surface area (TPSA) is 131 Å². The van der Waals surface area contributed by atoms with Crippen LogP contribution in [0.1, 0.15) is 27.0 Å². The van der Waals surface area contributed by atoms with Crippen molar-refractivity contribution < 1.29 is 28.9 Å². The van der Waals surface area contributed by atoms with Gasteiger partial charge < -0.3 is 14.2 Å². The molecule has 3 rings (SSSR count). The van der Waals surface area contributed by atoms with Crippen LogP contribution < -0.4 is 4.74 Å². The van der Waals surface area contributed by atoms with Gasteiger partial charge in [-0.25, -0.2) is 4.79 Å². The van der Waals surface area contributed by atoms with Crippen molar-refractivity contribution in [2.45, 2.75) is 20.1 Å². The molecule has 0 saturated carbocycles. The van der Waals surface area contributed by atoms with Crippen molar-refractivity contribution in [3.8, 4) is 5.75 Å². The molecule has 0 radical (unpaired) electrons. The Labute approximate surface area is 152 Å². The van der Waals surface area contributed by atoms with Crippen LogP contribution in [0, 0.1) is 27.2 Å². The fourth-order valence-electron chi connectivity index (χ4n) is 2.76. The molecule has 0 spiro atoms. The number of hydrogen-bond acceptors (Lipinski definition) is 8. The van der Waals surface area contributed by atoms with Gasteiger partial charge in [0.15, 0.2) is 6.79 Å². The molecule has 1 aliphatic rings. The van der Waals surface area contributed by atoms with Crippen LogP contribution in [-0.4, -0.2) is 22.6 Å². The van der Waals surface area contributed by atoms with E-state index in [0.29, 0.717) is 16.9 Å². The van der Waals surface area contributed by atoms with E-state index in [0.717, 1.165) is 0 Å². The molecule has 2 aromatic rings. The number of benzene rings is 2. The molecular weight excluding hydrogens is 360 g/mol. The minimum atomic E-state index is -0.775. The normalized spacial score (nSPS) is 12.6. The van der Waals surface area contributed by atoms with E-state index in [-0.39, 0.29) is 42.5 Å². The van der Waals surface area contributed by atoms with Crippen LogP contribution in [-0.2, 0) is 22.7 Å². The Balaban J connectivity index is 1.86. The van der Waals surface area contributed by atoms with Crippen LogP contribution in [0.15, 0.2) is 30.3 Å². The number of non-ortho nitro benzene ring substituents is 1. The number of carbonyl (C=O) groups excluding carboxylic acids is 1. The number of ether oxygens (including phenoxy) is 3. The quantitative estimate of drug-likeness (QED) is 0.443. The van der Waals surface area contributed by atoms with Crippen LogP contribution in [0.2, 0.25) is 0 Å². The molecule has 0 aliphatic carbocycles. The lowest BCUT2D eigenvalue weighted by molar-refractivity contribution is -0.385. The van der Waals surface area contributed by atoms with Crippen LogP contribution in [0.4, 0.5) is 11.4 Å². The average molecular weight is 374 g/mol. The predicted octanol–water partition coefficient (Wildman–Crippen LogP) is 3.03. The minimum absolute atomic E-state index is 0.0181. The van der Waals surface area contributed by atoms with Gasteiger partial charge in [0.1, 0.15) is 12.4 Å². The van der Waals surface area contributed by atoms with Gasteiger partial charge in [0.2, 0.25) is 0 Å². The summed E-state index contributed by atoms with van der Waals surface area (Å²) in [7, 11) is 0.